The average Bonchev–Trinajstić information content (AvgIpc) is 3.30. The Morgan fingerprint density at radius 3 is 2.29 bits per heavy atom. The zero-order chi connectivity index (χ0) is 14.2. The molecule has 0 unspecified atom stereocenters. The molecular formula is C16H22N4O. The molecule has 3 aliphatic rings. The Bertz CT molecular complexity index is 518. The van der Waals surface area contributed by atoms with Gasteiger partial charge in [-0.3, -0.25) is 4.79 Å². The Labute approximate surface area is 125 Å². The number of aromatic nitrogens is 2. The molecule has 4 rings (SSSR count). The number of anilines is 1. The molecule has 3 heterocycles. The van der Waals surface area contributed by atoms with E-state index < -0.39 is 0 Å². The number of hydrogen-bond acceptors (Lipinski definition) is 4. The summed E-state index contributed by atoms with van der Waals surface area (Å²) >= 11 is 0. The van der Waals surface area contributed by atoms with E-state index in [1.807, 2.05) is 12.4 Å². The van der Waals surface area contributed by atoms with Gasteiger partial charge in [0.05, 0.1) is 0 Å². The van der Waals surface area contributed by atoms with Crippen LogP contribution >= 0.6 is 0 Å². The van der Waals surface area contributed by atoms with Gasteiger partial charge in [-0.2, -0.15) is 0 Å². The SMILES string of the molecule is O=C1CCCN1C1CCN(c2ncc(C3CC3)cn2)CC1. The first-order valence-electron chi connectivity index (χ1n) is 8.17. The molecule has 2 aliphatic heterocycles. The molecule has 0 N–H and O–H groups in total. The first-order chi connectivity index (χ1) is 10.3. The molecule has 0 aromatic carbocycles. The summed E-state index contributed by atoms with van der Waals surface area (Å²) in [6, 6.07) is 0.432. The molecule has 5 nitrogen and oxygen atoms in total. The zero-order valence-electron chi connectivity index (χ0n) is 12.4. The Morgan fingerprint density at radius 2 is 1.71 bits per heavy atom. The summed E-state index contributed by atoms with van der Waals surface area (Å²) in [5.41, 5.74) is 1.29. The lowest BCUT2D eigenvalue weighted by atomic mass is 10.0. The zero-order valence-corrected chi connectivity index (χ0v) is 12.4. The monoisotopic (exact) mass is 286 g/mol. The molecule has 1 aliphatic carbocycles. The summed E-state index contributed by atoms with van der Waals surface area (Å²) in [5.74, 6) is 1.91. The van der Waals surface area contributed by atoms with Gasteiger partial charge in [0.15, 0.2) is 0 Å². The summed E-state index contributed by atoms with van der Waals surface area (Å²) in [4.78, 5) is 25.2. The Morgan fingerprint density at radius 1 is 1.00 bits per heavy atom. The molecule has 0 radical (unpaired) electrons. The highest BCUT2D eigenvalue weighted by Gasteiger charge is 2.31. The first-order valence-corrected chi connectivity index (χ1v) is 8.17. The highest BCUT2D eigenvalue weighted by atomic mass is 16.2. The minimum Gasteiger partial charge on any atom is -0.341 e. The summed E-state index contributed by atoms with van der Waals surface area (Å²) < 4.78 is 0. The lowest BCUT2D eigenvalue weighted by Crippen LogP contribution is -2.45. The van der Waals surface area contributed by atoms with Gasteiger partial charge in [-0.05, 0) is 43.6 Å². The Kier molecular flexibility index (Phi) is 3.28. The predicted molar refractivity (Wildman–Crippen MR) is 80.2 cm³/mol. The van der Waals surface area contributed by atoms with Crippen molar-refractivity contribution >= 4 is 11.9 Å². The molecule has 0 spiro atoms. The molecule has 1 aromatic heterocycles. The highest BCUT2D eigenvalue weighted by molar-refractivity contribution is 5.78. The predicted octanol–water partition coefficient (Wildman–Crippen LogP) is 1.95. The van der Waals surface area contributed by atoms with Crippen molar-refractivity contribution in [1.82, 2.24) is 14.9 Å². The fraction of sp³-hybridized carbons (Fsp3) is 0.688. The van der Waals surface area contributed by atoms with E-state index >= 15 is 0 Å². The second kappa shape index (κ2) is 5.28. The topological polar surface area (TPSA) is 49.3 Å². The Balaban J connectivity index is 1.37. The number of carbonyl (C=O) groups excluding carboxylic acids is 1. The number of piperidine rings is 1. The molecular weight excluding hydrogens is 264 g/mol. The molecule has 21 heavy (non-hydrogen) atoms. The van der Waals surface area contributed by atoms with Crippen LogP contribution in [0, 0.1) is 0 Å². The smallest absolute Gasteiger partial charge is 0.225 e. The van der Waals surface area contributed by atoms with Crippen LogP contribution in [0.1, 0.15) is 50.0 Å². The molecule has 1 amide bonds. The van der Waals surface area contributed by atoms with Crippen molar-refractivity contribution in [2.45, 2.75) is 50.5 Å². The number of carbonyl (C=O) groups is 1. The normalized spacial score (nSPS) is 23.9. The summed E-state index contributed by atoms with van der Waals surface area (Å²) in [7, 11) is 0. The lowest BCUT2D eigenvalue weighted by Gasteiger charge is -2.36. The standard InChI is InChI=1S/C16H22N4O/c21-15-2-1-7-20(15)14-5-8-19(9-6-14)16-17-10-13(11-18-16)12-3-4-12/h10-12,14H,1-9H2. The van der Waals surface area contributed by atoms with Crippen LogP contribution in [0.15, 0.2) is 12.4 Å². The maximum atomic E-state index is 11.8. The van der Waals surface area contributed by atoms with Crippen molar-refractivity contribution < 1.29 is 4.79 Å². The molecule has 2 saturated heterocycles. The van der Waals surface area contributed by atoms with Crippen molar-refractivity contribution in [2.24, 2.45) is 0 Å². The van der Waals surface area contributed by atoms with Crippen molar-refractivity contribution in [3.8, 4) is 0 Å². The fourth-order valence-electron chi connectivity index (χ4n) is 3.55. The van der Waals surface area contributed by atoms with E-state index in [2.05, 4.69) is 19.8 Å². The second-order valence-electron chi connectivity index (χ2n) is 6.50. The summed E-state index contributed by atoms with van der Waals surface area (Å²) in [6.45, 7) is 2.87. The average molecular weight is 286 g/mol. The third-order valence-corrected chi connectivity index (χ3v) is 5.01. The Hall–Kier alpha value is -1.65. The van der Waals surface area contributed by atoms with E-state index in [0.29, 0.717) is 17.9 Å². The van der Waals surface area contributed by atoms with Crippen LogP contribution in [0.5, 0.6) is 0 Å². The van der Waals surface area contributed by atoms with Crippen LogP contribution in [-0.2, 0) is 4.79 Å². The number of rotatable bonds is 3. The van der Waals surface area contributed by atoms with Gasteiger partial charge in [-0.1, -0.05) is 0 Å². The largest absolute Gasteiger partial charge is 0.341 e. The second-order valence-corrected chi connectivity index (χ2v) is 6.50. The molecule has 1 saturated carbocycles. The van der Waals surface area contributed by atoms with Gasteiger partial charge in [0.2, 0.25) is 11.9 Å². The minimum absolute atomic E-state index is 0.346. The molecule has 3 fully saturated rings. The van der Waals surface area contributed by atoms with Crippen molar-refractivity contribution in [2.75, 3.05) is 24.5 Å². The van der Waals surface area contributed by atoms with Crippen molar-refractivity contribution in [3.63, 3.8) is 0 Å². The summed E-state index contributed by atoms with van der Waals surface area (Å²) in [6.07, 6.45) is 10.4. The van der Waals surface area contributed by atoms with E-state index in [-0.39, 0.29) is 0 Å². The van der Waals surface area contributed by atoms with Crippen LogP contribution in [-0.4, -0.2) is 46.5 Å². The molecule has 0 atom stereocenters. The van der Waals surface area contributed by atoms with E-state index in [1.165, 1.54) is 18.4 Å². The maximum absolute atomic E-state index is 11.8. The third kappa shape index (κ3) is 2.61. The maximum Gasteiger partial charge on any atom is 0.225 e. The number of hydrogen-bond donors (Lipinski definition) is 0. The minimum atomic E-state index is 0.346. The molecule has 0 bridgehead atoms. The van der Waals surface area contributed by atoms with Gasteiger partial charge in [-0.25, -0.2) is 9.97 Å². The summed E-state index contributed by atoms with van der Waals surface area (Å²) in [5, 5.41) is 0. The van der Waals surface area contributed by atoms with Crippen LogP contribution < -0.4 is 4.90 Å². The number of amides is 1. The number of likely N-dealkylation sites (tertiary alicyclic amines) is 1. The van der Waals surface area contributed by atoms with Gasteiger partial charge in [0, 0.05) is 44.5 Å². The third-order valence-electron chi connectivity index (χ3n) is 5.01. The van der Waals surface area contributed by atoms with Crippen molar-refractivity contribution in [3.05, 3.63) is 18.0 Å². The van der Waals surface area contributed by atoms with E-state index in [1.54, 1.807) is 0 Å². The van der Waals surface area contributed by atoms with Gasteiger partial charge < -0.3 is 9.80 Å². The van der Waals surface area contributed by atoms with Crippen LogP contribution in [0.4, 0.5) is 5.95 Å². The van der Waals surface area contributed by atoms with E-state index in [4.69, 9.17) is 0 Å². The van der Waals surface area contributed by atoms with Crippen LogP contribution in [0.3, 0.4) is 0 Å². The van der Waals surface area contributed by atoms with Gasteiger partial charge in [0.1, 0.15) is 0 Å². The number of nitrogens with zero attached hydrogens (tertiary/aromatic N) is 4. The first kappa shape index (κ1) is 13.0. The lowest BCUT2D eigenvalue weighted by molar-refractivity contribution is -0.130. The molecule has 1 aromatic rings. The van der Waals surface area contributed by atoms with Crippen LogP contribution in [0.25, 0.3) is 0 Å². The van der Waals surface area contributed by atoms with Gasteiger partial charge >= 0.3 is 0 Å². The van der Waals surface area contributed by atoms with Gasteiger partial charge in [0.25, 0.3) is 0 Å². The van der Waals surface area contributed by atoms with E-state index in [0.717, 1.165) is 51.3 Å². The van der Waals surface area contributed by atoms with Crippen LogP contribution in [0.2, 0.25) is 0 Å². The van der Waals surface area contributed by atoms with E-state index in [9.17, 15) is 4.79 Å². The van der Waals surface area contributed by atoms with Crippen molar-refractivity contribution in [1.29, 1.82) is 0 Å². The molecule has 112 valence electrons. The molecule has 5 heteroatoms. The highest BCUT2D eigenvalue weighted by Crippen LogP contribution is 2.39. The van der Waals surface area contributed by atoms with Gasteiger partial charge in [-0.15, -0.1) is 0 Å². The quantitative estimate of drug-likeness (QED) is 0.852. The fourth-order valence-corrected chi connectivity index (χ4v) is 3.55.